The Morgan fingerprint density at radius 3 is 3.12 bits per heavy atom. The van der Waals surface area contributed by atoms with Crippen LogP contribution < -0.4 is 10.6 Å². The fraction of sp³-hybridized carbons (Fsp3) is 0.364. The molecule has 0 amide bonds. The SMILES string of the molecule is Nc1ccc2nc(N3CCC(O)C3)oc2c1. The first kappa shape index (κ1) is 9.47. The highest BCUT2D eigenvalue weighted by Gasteiger charge is 2.24. The minimum Gasteiger partial charge on any atom is -0.423 e. The molecule has 0 saturated carbocycles. The molecule has 0 aliphatic carbocycles. The molecule has 5 nitrogen and oxygen atoms in total. The summed E-state index contributed by atoms with van der Waals surface area (Å²) in [7, 11) is 0. The number of nitrogens with two attached hydrogens (primary N) is 1. The number of nitrogen functional groups attached to an aromatic ring is 1. The van der Waals surface area contributed by atoms with E-state index >= 15 is 0 Å². The third kappa shape index (κ3) is 1.49. The van der Waals surface area contributed by atoms with Crippen molar-refractivity contribution in [3.63, 3.8) is 0 Å². The lowest BCUT2D eigenvalue weighted by Crippen LogP contribution is -2.21. The maximum absolute atomic E-state index is 9.45. The van der Waals surface area contributed by atoms with E-state index < -0.39 is 0 Å². The van der Waals surface area contributed by atoms with Gasteiger partial charge in [-0.15, -0.1) is 0 Å². The maximum atomic E-state index is 9.45. The average Bonchev–Trinajstić information content (AvgIpc) is 2.83. The van der Waals surface area contributed by atoms with Gasteiger partial charge in [-0.05, 0) is 18.6 Å². The Bertz CT molecular complexity index is 523. The summed E-state index contributed by atoms with van der Waals surface area (Å²) in [4.78, 5) is 6.31. The summed E-state index contributed by atoms with van der Waals surface area (Å²) in [6.45, 7) is 1.37. The van der Waals surface area contributed by atoms with Gasteiger partial charge in [0.05, 0.1) is 6.10 Å². The number of hydrogen-bond donors (Lipinski definition) is 2. The molecular weight excluding hydrogens is 206 g/mol. The Morgan fingerprint density at radius 2 is 2.38 bits per heavy atom. The Labute approximate surface area is 92.5 Å². The second-order valence-electron chi connectivity index (χ2n) is 4.11. The molecule has 1 atom stereocenters. The van der Waals surface area contributed by atoms with Crippen LogP contribution in [0.25, 0.3) is 11.1 Å². The molecule has 1 aromatic carbocycles. The highest BCUT2D eigenvalue weighted by atomic mass is 16.4. The molecule has 1 aromatic heterocycles. The zero-order chi connectivity index (χ0) is 11.1. The number of fused-ring (bicyclic) bond motifs is 1. The summed E-state index contributed by atoms with van der Waals surface area (Å²) in [6, 6.07) is 5.97. The van der Waals surface area contributed by atoms with E-state index in [2.05, 4.69) is 4.98 Å². The van der Waals surface area contributed by atoms with Crippen molar-refractivity contribution >= 4 is 22.8 Å². The topological polar surface area (TPSA) is 75.5 Å². The van der Waals surface area contributed by atoms with Crippen molar-refractivity contribution in [2.24, 2.45) is 0 Å². The lowest BCUT2D eigenvalue weighted by molar-refractivity contribution is 0.198. The first-order valence-corrected chi connectivity index (χ1v) is 5.31. The molecule has 3 N–H and O–H groups in total. The standard InChI is InChI=1S/C11H13N3O2/c12-7-1-2-9-10(5-7)16-11(13-9)14-4-3-8(15)6-14/h1-2,5,8,15H,3-4,6,12H2. The molecule has 0 bridgehead atoms. The van der Waals surface area contributed by atoms with Crippen LogP contribution >= 0.6 is 0 Å². The molecule has 5 heteroatoms. The minimum atomic E-state index is -0.278. The molecule has 0 radical (unpaired) electrons. The summed E-state index contributed by atoms with van der Waals surface area (Å²) >= 11 is 0. The summed E-state index contributed by atoms with van der Waals surface area (Å²) in [5.74, 6) is 0. The lowest BCUT2D eigenvalue weighted by atomic mass is 10.3. The van der Waals surface area contributed by atoms with E-state index in [0.717, 1.165) is 18.5 Å². The molecule has 1 fully saturated rings. The smallest absolute Gasteiger partial charge is 0.298 e. The second kappa shape index (κ2) is 3.38. The van der Waals surface area contributed by atoms with E-state index in [9.17, 15) is 5.11 Å². The van der Waals surface area contributed by atoms with Gasteiger partial charge in [-0.2, -0.15) is 4.98 Å². The molecule has 1 aliphatic heterocycles. The molecule has 0 spiro atoms. The first-order chi connectivity index (χ1) is 7.72. The Kier molecular flexibility index (Phi) is 2.00. The Morgan fingerprint density at radius 1 is 1.50 bits per heavy atom. The van der Waals surface area contributed by atoms with E-state index in [4.69, 9.17) is 10.2 Å². The minimum absolute atomic E-state index is 0.278. The predicted octanol–water partition coefficient (Wildman–Crippen LogP) is 0.981. The van der Waals surface area contributed by atoms with Crippen molar-refractivity contribution in [2.75, 3.05) is 23.7 Å². The van der Waals surface area contributed by atoms with Gasteiger partial charge in [-0.25, -0.2) is 0 Å². The van der Waals surface area contributed by atoms with Gasteiger partial charge in [-0.3, -0.25) is 0 Å². The monoisotopic (exact) mass is 219 g/mol. The summed E-state index contributed by atoms with van der Waals surface area (Å²) in [6.07, 6.45) is 0.487. The van der Waals surface area contributed by atoms with Gasteiger partial charge >= 0.3 is 0 Å². The number of hydrogen-bond acceptors (Lipinski definition) is 5. The van der Waals surface area contributed by atoms with Crippen molar-refractivity contribution in [3.05, 3.63) is 18.2 Å². The van der Waals surface area contributed by atoms with Crippen LogP contribution in [-0.2, 0) is 0 Å². The highest BCUT2D eigenvalue weighted by molar-refractivity contribution is 5.78. The Hall–Kier alpha value is -1.75. The van der Waals surface area contributed by atoms with Crippen LogP contribution in [0.4, 0.5) is 11.7 Å². The number of benzene rings is 1. The fourth-order valence-electron chi connectivity index (χ4n) is 1.98. The van der Waals surface area contributed by atoms with Crippen molar-refractivity contribution in [1.29, 1.82) is 0 Å². The number of rotatable bonds is 1. The van der Waals surface area contributed by atoms with Crippen molar-refractivity contribution in [1.82, 2.24) is 4.98 Å². The number of oxazole rings is 1. The fourth-order valence-corrected chi connectivity index (χ4v) is 1.98. The van der Waals surface area contributed by atoms with Crippen LogP contribution in [0.3, 0.4) is 0 Å². The number of nitrogens with zero attached hydrogens (tertiary/aromatic N) is 2. The zero-order valence-electron chi connectivity index (χ0n) is 8.76. The second-order valence-corrected chi connectivity index (χ2v) is 4.11. The molecule has 1 unspecified atom stereocenters. The third-order valence-electron chi connectivity index (χ3n) is 2.84. The van der Waals surface area contributed by atoms with E-state index in [0.29, 0.717) is 23.8 Å². The van der Waals surface area contributed by atoms with Crippen LogP contribution in [0.1, 0.15) is 6.42 Å². The molecule has 84 valence electrons. The average molecular weight is 219 g/mol. The van der Waals surface area contributed by atoms with E-state index in [-0.39, 0.29) is 6.10 Å². The molecule has 2 aromatic rings. The summed E-state index contributed by atoms with van der Waals surface area (Å²) in [5, 5.41) is 9.45. The largest absolute Gasteiger partial charge is 0.423 e. The van der Waals surface area contributed by atoms with Crippen molar-refractivity contribution in [3.8, 4) is 0 Å². The van der Waals surface area contributed by atoms with Crippen LogP contribution in [0, 0.1) is 0 Å². The van der Waals surface area contributed by atoms with Crippen LogP contribution in [0.2, 0.25) is 0 Å². The van der Waals surface area contributed by atoms with Gasteiger partial charge < -0.3 is 20.2 Å². The first-order valence-electron chi connectivity index (χ1n) is 5.31. The Balaban J connectivity index is 1.99. The normalized spacial score (nSPS) is 20.8. The van der Waals surface area contributed by atoms with Crippen LogP contribution in [-0.4, -0.2) is 29.3 Å². The highest BCUT2D eigenvalue weighted by Crippen LogP contribution is 2.25. The van der Waals surface area contributed by atoms with Crippen LogP contribution in [0.5, 0.6) is 0 Å². The van der Waals surface area contributed by atoms with Gasteiger partial charge in [0, 0.05) is 24.8 Å². The zero-order valence-corrected chi connectivity index (χ0v) is 8.76. The van der Waals surface area contributed by atoms with Gasteiger partial charge in [0.15, 0.2) is 5.58 Å². The number of anilines is 2. The molecule has 2 heterocycles. The lowest BCUT2D eigenvalue weighted by Gasteiger charge is -2.10. The summed E-state index contributed by atoms with van der Waals surface area (Å²) < 4.78 is 5.60. The number of aromatic nitrogens is 1. The van der Waals surface area contributed by atoms with Gasteiger partial charge in [0.25, 0.3) is 6.01 Å². The number of aliphatic hydroxyl groups excluding tert-OH is 1. The van der Waals surface area contributed by atoms with E-state index in [1.165, 1.54) is 0 Å². The van der Waals surface area contributed by atoms with Gasteiger partial charge in [0.2, 0.25) is 0 Å². The third-order valence-corrected chi connectivity index (χ3v) is 2.84. The molecule has 16 heavy (non-hydrogen) atoms. The number of aliphatic hydroxyl groups is 1. The van der Waals surface area contributed by atoms with Crippen molar-refractivity contribution in [2.45, 2.75) is 12.5 Å². The predicted molar refractivity (Wildman–Crippen MR) is 61.3 cm³/mol. The van der Waals surface area contributed by atoms with Crippen LogP contribution in [0.15, 0.2) is 22.6 Å². The molecule has 3 rings (SSSR count). The van der Waals surface area contributed by atoms with E-state index in [1.807, 2.05) is 11.0 Å². The summed E-state index contributed by atoms with van der Waals surface area (Å²) in [5.41, 5.74) is 7.82. The van der Waals surface area contributed by atoms with Gasteiger partial charge in [0.1, 0.15) is 5.52 Å². The molecule has 1 aliphatic rings. The van der Waals surface area contributed by atoms with Gasteiger partial charge in [-0.1, -0.05) is 0 Å². The molecular formula is C11H13N3O2. The quantitative estimate of drug-likeness (QED) is 0.699. The number of β-amino-alcohol motifs (C(OH)–C–C–N with tert-alkyl or cyclic N) is 1. The maximum Gasteiger partial charge on any atom is 0.298 e. The molecule has 1 saturated heterocycles. The van der Waals surface area contributed by atoms with Crippen molar-refractivity contribution < 1.29 is 9.52 Å². The van der Waals surface area contributed by atoms with E-state index in [1.54, 1.807) is 12.1 Å².